The van der Waals surface area contributed by atoms with E-state index in [4.69, 9.17) is 27.9 Å². The first kappa shape index (κ1) is 23.0. The quantitative estimate of drug-likeness (QED) is 0.660. The van der Waals surface area contributed by atoms with E-state index < -0.39 is 6.04 Å². The third-order valence-electron chi connectivity index (χ3n) is 4.86. The second-order valence-electron chi connectivity index (χ2n) is 6.79. The van der Waals surface area contributed by atoms with Gasteiger partial charge in [-0.2, -0.15) is 0 Å². The maximum Gasteiger partial charge on any atom is 0.261 e. The summed E-state index contributed by atoms with van der Waals surface area (Å²) >= 11 is 12.6. The van der Waals surface area contributed by atoms with Crippen LogP contribution in [0.25, 0.3) is 0 Å². The van der Waals surface area contributed by atoms with Crippen molar-refractivity contribution in [1.82, 2.24) is 10.2 Å². The van der Waals surface area contributed by atoms with Crippen LogP contribution in [0.1, 0.15) is 30.0 Å². The summed E-state index contributed by atoms with van der Waals surface area (Å²) in [7, 11) is 1.54. The third-order valence-corrected chi connectivity index (χ3v) is 5.57. The minimum absolute atomic E-state index is 0.111. The molecule has 5 nitrogen and oxygen atoms in total. The fourth-order valence-corrected chi connectivity index (χ4v) is 3.49. The Hall–Kier alpha value is -2.24. The number of amides is 2. The molecule has 0 aliphatic rings. The maximum atomic E-state index is 13.1. The second-order valence-corrected chi connectivity index (χ2v) is 7.61. The lowest BCUT2D eigenvalue weighted by Crippen LogP contribution is -2.49. The van der Waals surface area contributed by atoms with Crippen molar-refractivity contribution in [3.05, 3.63) is 63.1 Å². The lowest BCUT2D eigenvalue weighted by Gasteiger charge is -2.30. The highest BCUT2D eigenvalue weighted by Gasteiger charge is 2.29. The first-order chi connectivity index (χ1) is 13.8. The average Bonchev–Trinajstić information content (AvgIpc) is 2.70. The summed E-state index contributed by atoms with van der Waals surface area (Å²) in [6.45, 7) is 5.75. The van der Waals surface area contributed by atoms with Crippen LogP contribution in [0.3, 0.4) is 0 Å². The third kappa shape index (κ3) is 5.87. The molecule has 0 saturated carbocycles. The predicted octanol–water partition coefficient (Wildman–Crippen LogP) is 4.54. The van der Waals surface area contributed by atoms with Gasteiger partial charge in [0, 0.05) is 29.2 Å². The molecular formula is C22H26Cl2N2O3. The highest BCUT2D eigenvalue weighted by atomic mass is 35.5. The van der Waals surface area contributed by atoms with Gasteiger partial charge < -0.3 is 15.0 Å². The first-order valence-electron chi connectivity index (χ1n) is 9.42. The van der Waals surface area contributed by atoms with Gasteiger partial charge in [-0.15, -0.1) is 0 Å². The molecule has 0 aliphatic heterocycles. The number of hydrogen-bond donors (Lipinski definition) is 1. The number of carbonyl (C=O) groups is 2. The highest BCUT2D eigenvalue weighted by Crippen LogP contribution is 2.27. The zero-order chi connectivity index (χ0) is 21.6. The van der Waals surface area contributed by atoms with Crippen molar-refractivity contribution in [3.63, 3.8) is 0 Å². The van der Waals surface area contributed by atoms with Gasteiger partial charge in [0.2, 0.25) is 5.91 Å². The Balaban J connectivity index is 2.26. The Kier molecular flexibility index (Phi) is 8.35. The zero-order valence-corrected chi connectivity index (χ0v) is 18.6. The van der Waals surface area contributed by atoms with Gasteiger partial charge >= 0.3 is 0 Å². The van der Waals surface area contributed by atoms with Crippen molar-refractivity contribution in [2.75, 3.05) is 13.7 Å². The number of halogens is 2. The molecule has 0 unspecified atom stereocenters. The van der Waals surface area contributed by atoms with E-state index in [-0.39, 0.29) is 25.0 Å². The molecule has 7 heteroatoms. The summed E-state index contributed by atoms with van der Waals surface area (Å²) < 4.78 is 5.70. The fraction of sp³-hybridized carbons (Fsp3) is 0.364. The first-order valence-corrected chi connectivity index (χ1v) is 10.2. The maximum absolute atomic E-state index is 13.1. The van der Waals surface area contributed by atoms with Gasteiger partial charge in [0.15, 0.2) is 6.61 Å². The van der Waals surface area contributed by atoms with Crippen molar-refractivity contribution in [3.8, 4) is 5.75 Å². The summed E-state index contributed by atoms with van der Waals surface area (Å²) in [5, 5.41) is 3.50. The van der Waals surface area contributed by atoms with Crippen LogP contribution >= 0.6 is 23.2 Å². The molecule has 2 rings (SSSR count). The minimum Gasteiger partial charge on any atom is -0.484 e. The molecule has 0 radical (unpaired) electrons. The van der Waals surface area contributed by atoms with Gasteiger partial charge in [0.25, 0.3) is 5.91 Å². The summed E-state index contributed by atoms with van der Waals surface area (Å²) in [5.74, 6) is 0.0232. The SMILES string of the molecule is CC[C@H](C(=O)NC)N(Cc1c(Cl)cccc1Cl)C(=O)COc1ccc(C)c(C)c1. The van der Waals surface area contributed by atoms with Gasteiger partial charge in [-0.05, 0) is 55.7 Å². The van der Waals surface area contributed by atoms with Crippen LogP contribution in [0, 0.1) is 13.8 Å². The zero-order valence-electron chi connectivity index (χ0n) is 17.1. The minimum atomic E-state index is -0.664. The number of rotatable bonds is 8. The Morgan fingerprint density at radius 2 is 1.76 bits per heavy atom. The smallest absolute Gasteiger partial charge is 0.261 e. The summed E-state index contributed by atoms with van der Waals surface area (Å²) in [6, 6.07) is 10.1. The number of ether oxygens (including phenoxy) is 1. The molecule has 29 heavy (non-hydrogen) atoms. The number of nitrogens with zero attached hydrogens (tertiary/aromatic N) is 1. The predicted molar refractivity (Wildman–Crippen MR) is 117 cm³/mol. The number of nitrogens with one attached hydrogen (secondary N) is 1. The van der Waals surface area contributed by atoms with Crippen LogP contribution in [-0.4, -0.2) is 36.4 Å². The molecule has 2 amide bonds. The molecule has 2 aromatic carbocycles. The lowest BCUT2D eigenvalue weighted by molar-refractivity contribution is -0.142. The largest absolute Gasteiger partial charge is 0.484 e. The molecular weight excluding hydrogens is 411 g/mol. The van der Waals surface area contributed by atoms with Gasteiger partial charge in [-0.25, -0.2) is 0 Å². The highest BCUT2D eigenvalue weighted by molar-refractivity contribution is 6.36. The van der Waals surface area contributed by atoms with Crippen LogP contribution in [0.15, 0.2) is 36.4 Å². The molecule has 0 spiro atoms. The molecule has 0 fully saturated rings. The second kappa shape index (κ2) is 10.5. The number of aryl methyl sites for hydroxylation is 2. The molecule has 2 aromatic rings. The topological polar surface area (TPSA) is 58.6 Å². The average molecular weight is 437 g/mol. The van der Waals surface area contributed by atoms with E-state index in [1.165, 1.54) is 4.90 Å². The van der Waals surface area contributed by atoms with Crippen LogP contribution in [0.5, 0.6) is 5.75 Å². The molecule has 1 atom stereocenters. The van der Waals surface area contributed by atoms with E-state index in [0.29, 0.717) is 27.8 Å². The monoisotopic (exact) mass is 436 g/mol. The summed E-state index contributed by atoms with van der Waals surface area (Å²) in [4.78, 5) is 26.9. The Morgan fingerprint density at radius 1 is 1.10 bits per heavy atom. The van der Waals surface area contributed by atoms with Gasteiger partial charge in [0.1, 0.15) is 11.8 Å². The van der Waals surface area contributed by atoms with Crippen molar-refractivity contribution in [2.45, 2.75) is 39.8 Å². The van der Waals surface area contributed by atoms with E-state index in [1.807, 2.05) is 39.0 Å². The van der Waals surface area contributed by atoms with Crippen molar-refractivity contribution in [1.29, 1.82) is 0 Å². The standard InChI is InChI=1S/C22H26Cl2N2O3/c1-5-20(22(28)25-4)26(12-17-18(23)7-6-8-19(17)24)21(27)13-29-16-10-9-14(2)15(3)11-16/h6-11,20H,5,12-13H2,1-4H3,(H,25,28)/t20-/m1/s1. The molecule has 0 heterocycles. The van der Waals surface area contributed by atoms with E-state index in [0.717, 1.165) is 11.1 Å². The van der Waals surface area contributed by atoms with Gasteiger partial charge in [0.05, 0.1) is 0 Å². The summed E-state index contributed by atoms with van der Waals surface area (Å²) in [5.41, 5.74) is 2.81. The Bertz CT molecular complexity index is 866. The Labute approximate surface area is 181 Å². The van der Waals surface area contributed by atoms with Crippen LogP contribution in [0.4, 0.5) is 0 Å². The summed E-state index contributed by atoms with van der Waals surface area (Å²) in [6.07, 6.45) is 0.442. The van der Waals surface area contributed by atoms with Crippen LogP contribution in [0.2, 0.25) is 10.0 Å². The Morgan fingerprint density at radius 3 is 2.31 bits per heavy atom. The number of hydrogen-bond acceptors (Lipinski definition) is 3. The van der Waals surface area contributed by atoms with E-state index in [2.05, 4.69) is 5.32 Å². The fourth-order valence-electron chi connectivity index (χ4n) is 2.97. The van der Waals surface area contributed by atoms with Crippen LogP contribution < -0.4 is 10.1 Å². The van der Waals surface area contributed by atoms with Crippen molar-refractivity contribution >= 4 is 35.0 Å². The molecule has 0 saturated heterocycles. The molecule has 156 valence electrons. The van der Waals surface area contributed by atoms with E-state index in [1.54, 1.807) is 25.2 Å². The van der Waals surface area contributed by atoms with Crippen molar-refractivity contribution < 1.29 is 14.3 Å². The van der Waals surface area contributed by atoms with E-state index in [9.17, 15) is 9.59 Å². The number of likely N-dealkylation sites (N-methyl/N-ethyl adjacent to an activating group) is 1. The molecule has 0 aromatic heterocycles. The molecule has 0 aliphatic carbocycles. The normalized spacial score (nSPS) is 11.7. The van der Waals surface area contributed by atoms with Gasteiger partial charge in [-0.1, -0.05) is 42.3 Å². The number of benzene rings is 2. The van der Waals surface area contributed by atoms with Crippen molar-refractivity contribution in [2.24, 2.45) is 0 Å². The molecule has 1 N–H and O–H groups in total. The molecule has 0 bridgehead atoms. The lowest BCUT2D eigenvalue weighted by atomic mass is 10.1. The van der Waals surface area contributed by atoms with E-state index >= 15 is 0 Å². The van der Waals surface area contributed by atoms with Gasteiger partial charge in [-0.3, -0.25) is 9.59 Å². The van der Waals surface area contributed by atoms with Crippen LogP contribution in [-0.2, 0) is 16.1 Å². The number of carbonyl (C=O) groups excluding carboxylic acids is 2.